The average Bonchev–Trinajstić information content (AvgIpc) is 2.72. The van der Waals surface area contributed by atoms with Crippen LogP contribution >= 0.6 is 0 Å². The predicted molar refractivity (Wildman–Crippen MR) is 56.1 cm³/mol. The molecule has 0 aliphatic heterocycles. The SMILES string of the molecule is NC(=O)C(c1ccccc1)c1ccn[nH]1. The van der Waals surface area contributed by atoms with Gasteiger partial charge in [-0.3, -0.25) is 9.89 Å². The number of nitrogens with two attached hydrogens (primary N) is 1. The molecule has 1 amide bonds. The molecular weight excluding hydrogens is 190 g/mol. The lowest BCUT2D eigenvalue weighted by Gasteiger charge is -2.11. The Balaban J connectivity index is 2.42. The maximum Gasteiger partial charge on any atom is 0.231 e. The lowest BCUT2D eigenvalue weighted by molar-refractivity contribution is -0.118. The van der Waals surface area contributed by atoms with Crippen LogP contribution in [0.2, 0.25) is 0 Å². The van der Waals surface area contributed by atoms with Gasteiger partial charge in [0.1, 0.15) is 5.92 Å². The molecule has 1 aromatic heterocycles. The van der Waals surface area contributed by atoms with Gasteiger partial charge in [-0.25, -0.2) is 0 Å². The first kappa shape index (κ1) is 9.45. The van der Waals surface area contributed by atoms with E-state index in [4.69, 9.17) is 5.73 Å². The van der Waals surface area contributed by atoms with Crippen LogP contribution in [0.5, 0.6) is 0 Å². The number of H-pyrrole nitrogens is 1. The molecule has 3 N–H and O–H groups in total. The Morgan fingerprint density at radius 2 is 2.00 bits per heavy atom. The van der Waals surface area contributed by atoms with Gasteiger partial charge in [-0.2, -0.15) is 5.10 Å². The summed E-state index contributed by atoms with van der Waals surface area (Å²) in [6.45, 7) is 0. The van der Waals surface area contributed by atoms with Crippen LogP contribution in [-0.2, 0) is 4.79 Å². The van der Waals surface area contributed by atoms with Gasteiger partial charge in [0.15, 0.2) is 0 Å². The number of amides is 1. The molecule has 1 heterocycles. The fraction of sp³-hybridized carbons (Fsp3) is 0.0909. The fourth-order valence-electron chi connectivity index (χ4n) is 1.57. The Labute approximate surface area is 87.1 Å². The van der Waals surface area contributed by atoms with E-state index in [-0.39, 0.29) is 5.91 Å². The summed E-state index contributed by atoms with van der Waals surface area (Å²) in [5.41, 5.74) is 6.96. The van der Waals surface area contributed by atoms with Gasteiger partial charge in [-0.05, 0) is 11.6 Å². The first-order valence-electron chi connectivity index (χ1n) is 4.62. The maximum absolute atomic E-state index is 11.4. The highest BCUT2D eigenvalue weighted by Gasteiger charge is 2.20. The van der Waals surface area contributed by atoms with E-state index < -0.39 is 5.92 Å². The minimum Gasteiger partial charge on any atom is -0.369 e. The molecular formula is C11H11N3O. The van der Waals surface area contributed by atoms with Crippen LogP contribution in [-0.4, -0.2) is 16.1 Å². The van der Waals surface area contributed by atoms with Crippen molar-refractivity contribution in [3.8, 4) is 0 Å². The van der Waals surface area contributed by atoms with Gasteiger partial charge >= 0.3 is 0 Å². The van der Waals surface area contributed by atoms with Crippen LogP contribution < -0.4 is 5.73 Å². The molecule has 0 fully saturated rings. The normalized spacial score (nSPS) is 12.3. The van der Waals surface area contributed by atoms with Gasteiger partial charge < -0.3 is 5.73 Å². The summed E-state index contributed by atoms with van der Waals surface area (Å²) >= 11 is 0. The third kappa shape index (κ3) is 1.88. The van der Waals surface area contributed by atoms with E-state index >= 15 is 0 Å². The van der Waals surface area contributed by atoms with Gasteiger partial charge in [-0.1, -0.05) is 30.3 Å². The minimum absolute atomic E-state index is 0.384. The molecule has 0 aliphatic rings. The van der Waals surface area contributed by atoms with Crippen molar-refractivity contribution in [2.24, 2.45) is 5.73 Å². The molecule has 0 saturated carbocycles. The lowest BCUT2D eigenvalue weighted by Crippen LogP contribution is -2.22. The molecule has 2 aromatic rings. The molecule has 4 heteroatoms. The molecule has 0 radical (unpaired) electrons. The number of benzene rings is 1. The van der Waals surface area contributed by atoms with E-state index in [0.29, 0.717) is 5.69 Å². The first-order chi connectivity index (χ1) is 7.29. The summed E-state index contributed by atoms with van der Waals surface area (Å²) in [5.74, 6) is -0.834. The van der Waals surface area contributed by atoms with Crippen LogP contribution in [0.4, 0.5) is 0 Å². The summed E-state index contributed by atoms with van der Waals surface area (Å²) < 4.78 is 0. The van der Waals surface area contributed by atoms with Crippen LogP contribution in [0.25, 0.3) is 0 Å². The Hall–Kier alpha value is -2.10. The van der Waals surface area contributed by atoms with E-state index in [2.05, 4.69) is 10.2 Å². The molecule has 76 valence electrons. The third-order valence-corrected chi connectivity index (χ3v) is 2.25. The summed E-state index contributed by atoms with van der Waals surface area (Å²) in [7, 11) is 0. The summed E-state index contributed by atoms with van der Waals surface area (Å²) in [6.07, 6.45) is 1.61. The highest BCUT2D eigenvalue weighted by Crippen LogP contribution is 2.21. The second kappa shape index (κ2) is 3.96. The quantitative estimate of drug-likeness (QED) is 0.778. The maximum atomic E-state index is 11.4. The average molecular weight is 201 g/mol. The standard InChI is InChI=1S/C11H11N3O/c12-11(15)10(9-6-7-13-14-9)8-4-2-1-3-5-8/h1-7,10H,(H2,12,15)(H,13,14). The Kier molecular flexibility index (Phi) is 2.49. The molecule has 2 rings (SSSR count). The number of primary amides is 1. The van der Waals surface area contributed by atoms with E-state index in [1.54, 1.807) is 12.3 Å². The predicted octanol–water partition coefficient (Wildman–Crippen LogP) is 1.03. The van der Waals surface area contributed by atoms with Crippen LogP contribution in [0.15, 0.2) is 42.6 Å². The molecule has 1 unspecified atom stereocenters. The van der Waals surface area contributed by atoms with Crippen molar-refractivity contribution >= 4 is 5.91 Å². The highest BCUT2D eigenvalue weighted by atomic mass is 16.1. The second-order valence-corrected chi connectivity index (χ2v) is 3.26. The highest BCUT2D eigenvalue weighted by molar-refractivity contribution is 5.85. The third-order valence-electron chi connectivity index (χ3n) is 2.25. The Bertz CT molecular complexity index is 436. The molecule has 0 bridgehead atoms. The van der Waals surface area contributed by atoms with E-state index in [0.717, 1.165) is 5.56 Å². The second-order valence-electron chi connectivity index (χ2n) is 3.26. The molecule has 1 aromatic carbocycles. The van der Waals surface area contributed by atoms with Crippen molar-refractivity contribution in [3.63, 3.8) is 0 Å². The zero-order valence-corrected chi connectivity index (χ0v) is 8.05. The number of aromatic nitrogens is 2. The number of rotatable bonds is 3. The number of carbonyl (C=O) groups excluding carboxylic acids is 1. The van der Waals surface area contributed by atoms with Crippen LogP contribution in [0.3, 0.4) is 0 Å². The van der Waals surface area contributed by atoms with E-state index in [1.165, 1.54) is 0 Å². The summed E-state index contributed by atoms with van der Waals surface area (Å²) in [5, 5.41) is 6.58. The van der Waals surface area contributed by atoms with E-state index in [9.17, 15) is 4.79 Å². The van der Waals surface area contributed by atoms with Crippen molar-refractivity contribution in [2.75, 3.05) is 0 Å². The van der Waals surface area contributed by atoms with Crippen molar-refractivity contribution in [3.05, 3.63) is 53.9 Å². The van der Waals surface area contributed by atoms with Crippen molar-refractivity contribution in [1.82, 2.24) is 10.2 Å². The monoisotopic (exact) mass is 201 g/mol. The topological polar surface area (TPSA) is 71.8 Å². The van der Waals surface area contributed by atoms with Crippen LogP contribution in [0.1, 0.15) is 17.2 Å². The molecule has 1 atom stereocenters. The smallest absolute Gasteiger partial charge is 0.231 e. The van der Waals surface area contributed by atoms with Crippen molar-refractivity contribution in [1.29, 1.82) is 0 Å². The van der Waals surface area contributed by atoms with Gasteiger partial charge in [-0.15, -0.1) is 0 Å². The Morgan fingerprint density at radius 3 is 2.53 bits per heavy atom. The lowest BCUT2D eigenvalue weighted by atomic mass is 9.95. The molecule has 0 spiro atoms. The minimum atomic E-state index is -0.450. The largest absolute Gasteiger partial charge is 0.369 e. The zero-order chi connectivity index (χ0) is 10.7. The number of nitrogens with one attached hydrogen (secondary N) is 1. The van der Waals surface area contributed by atoms with Crippen molar-refractivity contribution < 1.29 is 4.79 Å². The van der Waals surface area contributed by atoms with Crippen molar-refractivity contribution in [2.45, 2.75) is 5.92 Å². The first-order valence-corrected chi connectivity index (χ1v) is 4.62. The van der Waals surface area contributed by atoms with Crippen LogP contribution in [0, 0.1) is 0 Å². The fourth-order valence-corrected chi connectivity index (χ4v) is 1.57. The van der Waals surface area contributed by atoms with Gasteiger partial charge in [0.2, 0.25) is 5.91 Å². The molecule has 4 nitrogen and oxygen atoms in total. The molecule has 0 saturated heterocycles. The summed E-state index contributed by atoms with van der Waals surface area (Å²) in [4.78, 5) is 11.4. The number of nitrogens with zero attached hydrogens (tertiary/aromatic N) is 1. The zero-order valence-electron chi connectivity index (χ0n) is 8.05. The number of aromatic amines is 1. The number of hydrogen-bond acceptors (Lipinski definition) is 2. The summed E-state index contributed by atoms with van der Waals surface area (Å²) in [6, 6.07) is 11.1. The molecule has 15 heavy (non-hydrogen) atoms. The van der Waals surface area contributed by atoms with Gasteiger partial charge in [0.05, 0.1) is 5.69 Å². The number of hydrogen-bond donors (Lipinski definition) is 2. The van der Waals surface area contributed by atoms with Gasteiger partial charge in [0, 0.05) is 6.20 Å². The van der Waals surface area contributed by atoms with E-state index in [1.807, 2.05) is 30.3 Å². The number of carbonyl (C=O) groups is 1. The molecule has 0 aliphatic carbocycles. The Morgan fingerprint density at radius 1 is 1.27 bits per heavy atom. The van der Waals surface area contributed by atoms with Gasteiger partial charge in [0.25, 0.3) is 0 Å².